The third kappa shape index (κ3) is 4.16. The third-order valence-corrected chi connectivity index (χ3v) is 5.13. The van der Waals surface area contributed by atoms with Crippen molar-refractivity contribution in [2.45, 2.75) is 0 Å². The maximum Gasteiger partial charge on any atom is 0.0774 e. The second-order valence-corrected chi connectivity index (χ2v) is 7.37. The molecule has 0 N–H and O–H groups in total. The van der Waals surface area contributed by atoms with Crippen LogP contribution < -0.4 is 0 Å². The van der Waals surface area contributed by atoms with E-state index in [0.29, 0.717) is 0 Å². The largest absolute Gasteiger partial charge is 0.0995 e. The van der Waals surface area contributed by atoms with Crippen LogP contribution in [0.4, 0.5) is 0 Å². The molecule has 0 aliphatic rings. The maximum absolute atomic E-state index is 3.77. The van der Waals surface area contributed by atoms with Crippen LogP contribution in [0.2, 0.25) is 0 Å². The predicted molar refractivity (Wildman–Crippen MR) is 58.0 cm³/mol. The Bertz CT molecular complexity index is 120. The molecule has 0 atom stereocenters. The first-order valence-electron chi connectivity index (χ1n) is 3.85. The Labute approximate surface area is 71.0 Å². The summed E-state index contributed by atoms with van der Waals surface area (Å²) in [6.45, 7) is 13.7. The quantitative estimate of drug-likeness (QED) is 0.423. The zero-order valence-corrected chi connectivity index (χ0v) is 8.32. The maximum atomic E-state index is 3.77. The van der Waals surface area contributed by atoms with Crippen LogP contribution >= 0.6 is 7.26 Å². The van der Waals surface area contributed by atoms with E-state index < -0.39 is 7.26 Å². The minimum atomic E-state index is -0.823. The highest BCUT2D eigenvalue weighted by Gasteiger charge is 2.25. The van der Waals surface area contributed by atoms with Crippen molar-refractivity contribution < 1.29 is 0 Å². The average molecular weight is 169 g/mol. The van der Waals surface area contributed by atoms with Gasteiger partial charge in [0.1, 0.15) is 0 Å². The number of allylic oxidation sites excluding steroid dienone is 3. The third-order valence-electron chi connectivity index (χ3n) is 1.71. The van der Waals surface area contributed by atoms with Gasteiger partial charge in [-0.05, 0) is 0 Å². The Hall–Kier alpha value is -0.350. The molecule has 0 saturated heterocycles. The van der Waals surface area contributed by atoms with Crippen LogP contribution in [0.25, 0.3) is 0 Å². The molecule has 0 rings (SSSR count). The van der Waals surface area contributed by atoms with E-state index in [4.69, 9.17) is 0 Å². The smallest absolute Gasteiger partial charge is 0.0774 e. The fourth-order valence-corrected chi connectivity index (χ4v) is 3.48. The van der Waals surface area contributed by atoms with Crippen LogP contribution in [0, 0.1) is 0 Å². The zero-order chi connectivity index (χ0) is 8.74. The average Bonchev–Trinajstić information content (AvgIpc) is 1.88. The van der Waals surface area contributed by atoms with Crippen molar-refractivity contribution >= 4 is 7.26 Å². The molecule has 0 spiro atoms. The van der Waals surface area contributed by atoms with Crippen molar-refractivity contribution in [1.29, 1.82) is 0 Å². The standard InChI is InChI=1S/C10H18P/c1-5-8-11(4,9-6-2)10-7-3/h5-7H,1-3,8-10H2,4H3/q+1. The lowest BCUT2D eigenvalue weighted by atomic mass is 10.7. The molecule has 0 heterocycles. The Morgan fingerprint density at radius 2 is 1.18 bits per heavy atom. The van der Waals surface area contributed by atoms with Crippen LogP contribution in [0.3, 0.4) is 0 Å². The minimum absolute atomic E-state index is 0.823. The van der Waals surface area contributed by atoms with E-state index in [9.17, 15) is 0 Å². The molecule has 0 fully saturated rings. The zero-order valence-electron chi connectivity index (χ0n) is 7.42. The summed E-state index contributed by atoms with van der Waals surface area (Å²) in [7, 11) is -0.823. The molecule has 0 radical (unpaired) electrons. The van der Waals surface area contributed by atoms with Gasteiger partial charge in [-0.15, -0.1) is 0 Å². The van der Waals surface area contributed by atoms with Gasteiger partial charge in [-0.1, -0.05) is 38.0 Å². The minimum Gasteiger partial charge on any atom is -0.0995 e. The second-order valence-electron chi connectivity index (χ2n) is 3.03. The van der Waals surface area contributed by atoms with E-state index in [-0.39, 0.29) is 0 Å². The first-order chi connectivity index (χ1) is 5.18. The molecule has 0 aromatic carbocycles. The van der Waals surface area contributed by atoms with Crippen molar-refractivity contribution in [2.24, 2.45) is 0 Å². The molecule has 0 saturated carbocycles. The SMILES string of the molecule is C=CC[P+](C)(CC=C)CC=C. The van der Waals surface area contributed by atoms with Gasteiger partial charge in [0.25, 0.3) is 0 Å². The molecule has 0 amide bonds. The Morgan fingerprint density at radius 1 is 0.909 bits per heavy atom. The summed E-state index contributed by atoms with van der Waals surface area (Å²) >= 11 is 0. The summed E-state index contributed by atoms with van der Waals surface area (Å²) in [5.41, 5.74) is 0. The van der Waals surface area contributed by atoms with Gasteiger partial charge in [-0.3, -0.25) is 0 Å². The van der Waals surface area contributed by atoms with Crippen molar-refractivity contribution in [3.63, 3.8) is 0 Å². The van der Waals surface area contributed by atoms with Gasteiger partial charge in [0.05, 0.1) is 18.5 Å². The normalized spacial score (nSPS) is 10.6. The predicted octanol–water partition coefficient (Wildman–Crippen LogP) is 3.19. The highest BCUT2D eigenvalue weighted by Crippen LogP contribution is 2.54. The summed E-state index contributed by atoms with van der Waals surface area (Å²) in [5, 5.41) is 0. The number of hydrogen-bond acceptors (Lipinski definition) is 0. The van der Waals surface area contributed by atoms with E-state index in [1.807, 2.05) is 18.2 Å². The summed E-state index contributed by atoms with van der Waals surface area (Å²) < 4.78 is 0. The molecule has 0 aromatic heterocycles. The van der Waals surface area contributed by atoms with Gasteiger partial charge in [-0.25, -0.2) is 0 Å². The second kappa shape index (κ2) is 5.32. The van der Waals surface area contributed by atoms with Gasteiger partial charge in [0.15, 0.2) is 0 Å². The monoisotopic (exact) mass is 169 g/mol. The fraction of sp³-hybridized carbons (Fsp3) is 0.400. The topological polar surface area (TPSA) is 0 Å². The molecule has 62 valence electrons. The van der Waals surface area contributed by atoms with Crippen molar-refractivity contribution in [3.05, 3.63) is 38.0 Å². The van der Waals surface area contributed by atoms with Crippen LogP contribution in [0.1, 0.15) is 0 Å². The van der Waals surface area contributed by atoms with E-state index in [2.05, 4.69) is 26.4 Å². The van der Waals surface area contributed by atoms with Gasteiger partial charge < -0.3 is 0 Å². The first-order valence-corrected chi connectivity index (χ1v) is 6.64. The molecule has 0 bridgehead atoms. The molecule has 11 heavy (non-hydrogen) atoms. The Morgan fingerprint density at radius 3 is 1.36 bits per heavy atom. The molecule has 0 aliphatic heterocycles. The van der Waals surface area contributed by atoms with Crippen molar-refractivity contribution in [3.8, 4) is 0 Å². The molecule has 0 aliphatic carbocycles. The van der Waals surface area contributed by atoms with E-state index in [1.54, 1.807) is 0 Å². The number of hydrogen-bond donors (Lipinski definition) is 0. The van der Waals surface area contributed by atoms with Gasteiger partial charge in [0.2, 0.25) is 0 Å². The molecular weight excluding hydrogens is 151 g/mol. The van der Waals surface area contributed by atoms with Gasteiger partial charge in [0, 0.05) is 13.9 Å². The van der Waals surface area contributed by atoms with Crippen LogP contribution in [0.15, 0.2) is 38.0 Å². The van der Waals surface area contributed by atoms with Gasteiger partial charge in [-0.2, -0.15) is 0 Å². The molecule has 1 heteroatoms. The highest BCUT2D eigenvalue weighted by molar-refractivity contribution is 7.75. The van der Waals surface area contributed by atoms with Crippen LogP contribution in [-0.2, 0) is 0 Å². The summed E-state index contributed by atoms with van der Waals surface area (Å²) in [6, 6.07) is 0. The Balaban J connectivity index is 4.09. The van der Waals surface area contributed by atoms with E-state index in [0.717, 1.165) is 18.5 Å². The van der Waals surface area contributed by atoms with Crippen molar-refractivity contribution in [1.82, 2.24) is 0 Å². The van der Waals surface area contributed by atoms with Gasteiger partial charge >= 0.3 is 0 Å². The Kier molecular flexibility index (Phi) is 5.15. The number of rotatable bonds is 6. The van der Waals surface area contributed by atoms with E-state index >= 15 is 0 Å². The lowest BCUT2D eigenvalue weighted by Crippen LogP contribution is -2.01. The van der Waals surface area contributed by atoms with Crippen molar-refractivity contribution in [2.75, 3.05) is 25.2 Å². The highest BCUT2D eigenvalue weighted by atomic mass is 31.2. The summed E-state index contributed by atoms with van der Waals surface area (Å²) in [4.78, 5) is 0. The fourth-order valence-electron chi connectivity index (χ4n) is 1.16. The molecule has 0 unspecified atom stereocenters. The van der Waals surface area contributed by atoms with Crippen LogP contribution in [0.5, 0.6) is 0 Å². The first kappa shape index (κ1) is 10.7. The summed E-state index contributed by atoms with van der Waals surface area (Å²) in [5.74, 6) is 0. The van der Waals surface area contributed by atoms with E-state index in [1.165, 1.54) is 0 Å². The molecular formula is C10H18P+. The van der Waals surface area contributed by atoms with Crippen LogP contribution in [-0.4, -0.2) is 25.2 Å². The summed E-state index contributed by atoms with van der Waals surface area (Å²) in [6.07, 6.45) is 9.48. The lowest BCUT2D eigenvalue weighted by Gasteiger charge is -2.17. The molecule has 0 nitrogen and oxygen atoms in total. The lowest BCUT2D eigenvalue weighted by molar-refractivity contribution is 1.52. The molecule has 0 aromatic rings.